The van der Waals surface area contributed by atoms with Crippen LogP contribution in [0.2, 0.25) is 0 Å². The third-order valence-corrected chi connectivity index (χ3v) is 3.18. The number of halogens is 2. The van der Waals surface area contributed by atoms with E-state index in [1.165, 1.54) is 12.1 Å². The normalized spacial score (nSPS) is 15.2. The lowest BCUT2D eigenvalue weighted by Gasteiger charge is -2.18. The highest BCUT2D eigenvalue weighted by Crippen LogP contribution is 2.30. The Labute approximate surface area is 92.1 Å². The Bertz CT molecular complexity index is 314. The van der Waals surface area contributed by atoms with Gasteiger partial charge in [-0.3, -0.25) is 0 Å². The summed E-state index contributed by atoms with van der Waals surface area (Å²) in [6.45, 7) is 3.95. The van der Waals surface area contributed by atoms with Crippen molar-refractivity contribution >= 4 is 15.9 Å². The molecule has 0 aromatic heterocycles. The lowest BCUT2D eigenvalue weighted by molar-refractivity contribution is 0.114. The summed E-state index contributed by atoms with van der Waals surface area (Å²) in [4.78, 5) is 0. The van der Waals surface area contributed by atoms with Crippen LogP contribution >= 0.6 is 15.9 Å². The van der Waals surface area contributed by atoms with Crippen LogP contribution in [0.15, 0.2) is 22.7 Å². The quantitative estimate of drug-likeness (QED) is 0.880. The first-order valence-electron chi connectivity index (χ1n) is 4.69. The molecule has 1 rings (SSSR count). The van der Waals surface area contributed by atoms with Gasteiger partial charge in [-0.05, 0) is 29.7 Å². The molecule has 0 heterocycles. The highest BCUT2D eigenvalue weighted by Gasteiger charge is 2.17. The van der Waals surface area contributed by atoms with Gasteiger partial charge in [-0.15, -0.1) is 0 Å². The van der Waals surface area contributed by atoms with Gasteiger partial charge in [0, 0.05) is 4.47 Å². The van der Waals surface area contributed by atoms with E-state index in [1.807, 2.05) is 13.8 Å². The summed E-state index contributed by atoms with van der Waals surface area (Å²) < 4.78 is 13.7. The molecule has 1 nitrogen and oxygen atoms in total. The smallest absolute Gasteiger partial charge is 0.123 e. The second kappa shape index (κ2) is 4.89. The first-order valence-corrected chi connectivity index (χ1v) is 5.48. The van der Waals surface area contributed by atoms with Gasteiger partial charge in [0.25, 0.3) is 0 Å². The van der Waals surface area contributed by atoms with Crippen LogP contribution in [0.25, 0.3) is 0 Å². The summed E-state index contributed by atoms with van der Waals surface area (Å²) in [5.41, 5.74) is 0.624. The molecule has 0 saturated heterocycles. The highest BCUT2D eigenvalue weighted by molar-refractivity contribution is 9.10. The van der Waals surface area contributed by atoms with Crippen LogP contribution in [0, 0.1) is 11.7 Å². The summed E-state index contributed by atoms with van der Waals surface area (Å²) in [6, 6.07) is 4.37. The SMILES string of the molecule is CCC(C)C(O)c1cc(F)ccc1Br. The summed E-state index contributed by atoms with van der Waals surface area (Å²) >= 11 is 3.30. The fraction of sp³-hybridized carbons (Fsp3) is 0.455. The molecule has 0 amide bonds. The van der Waals surface area contributed by atoms with Crippen LogP contribution in [-0.4, -0.2) is 5.11 Å². The average Bonchev–Trinajstić information content (AvgIpc) is 2.19. The second-order valence-electron chi connectivity index (χ2n) is 3.50. The van der Waals surface area contributed by atoms with E-state index in [2.05, 4.69) is 15.9 Å². The maximum absolute atomic E-state index is 12.9. The standard InChI is InChI=1S/C11H14BrFO/c1-3-7(2)11(14)9-6-8(13)4-5-10(9)12/h4-7,11,14H,3H2,1-2H3. The van der Waals surface area contributed by atoms with E-state index < -0.39 is 6.10 Å². The van der Waals surface area contributed by atoms with Crippen molar-refractivity contribution in [3.63, 3.8) is 0 Å². The molecule has 78 valence electrons. The molecule has 0 aliphatic rings. The third-order valence-electron chi connectivity index (χ3n) is 2.46. The van der Waals surface area contributed by atoms with Gasteiger partial charge in [0.1, 0.15) is 5.82 Å². The largest absolute Gasteiger partial charge is 0.388 e. The highest BCUT2D eigenvalue weighted by atomic mass is 79.9. The number of aliphatic hydroxyl groups excluding tert-OH is 1. The maximum Gasteiger partial charge on any atom is 0.123 e. The number of benzene rings is 1. The van der Waals surface area contributed by atoms with Gasteiger partial charge >= 0.3 is 0 Å². The van der Waals surface area contributed by atoms with Crippen molar-refractivity contribution in [1.82, 2.24) is 0 Å². The van der Waals surface area contributed by atoms with Crippen molar-refractivity contribution in [3.05, 3.63) is 34.1 Å². The number of hydrogen-bond acceptors (Lipinski definition) is 1. The van der Waals surface area contributed by atoms with Crippen LogP contribution in [0.1, 0.15) is 31.9 Å². The van der Waals surface area contributed by atoms with Crippen molar-refractivity contribution < 1.29 is 9.50 Å². The Morgan fingerprint density at radius 3 is 2.71 bits per heavy atom. The zero-order chi connectivity index (χ0) is 10.7. The summed E-state index contributed by atoms with van der Waals surface area (Å²) in [5.74, 6) is -0.182. The molecule has 1 aromatic carbocycles. The van der Waals surface area contributed by atoms with Crippen molar-refractivity contribution in [2.24, 2.45) is 5.92 Å². The lowest BCUT2D eigenvalue weighted by atomic mass is 9.95. The molecule has 0 bridgehead atoms. The zero-order valence-corrected chi connectivity index (χ0v) is 9.88. The minimum absolute atomic E-state index is 0.132. The molecule has 1 aromatic rings. The van der Waals surface area contributed by atoms with Gasteiger partial charge in [0.2, 0.25) is 0 Å². The monoisotopic (exact) mass is 260 g/mol. The van der Waals surface area contributed by atoms with Crippen molar-refractivity contribution in [2.75, 3.05) is 0 Å². The topological polar surface area (TPSA) is 20.2 Å². The van der Waals surface area contributed by atoms with Crippen LogP contribution in [-0.2, 0) is 0 Å². The Kier molecular flexibility index (Phi) is 4.08. The van der Waals surface area contributed by atoms with Crippen LogP contribution in [0.5, 0.6) is 0 Å². The first kappa shape index (κ1) is 11.7. The van der Waals surface area contributed by atoms with E-state index in [-0.39, 0.29) is 11.7 Å². The molecule has 1 N–H and O–H groups in total. The predicted octanol–water partition coefficient (Wildman–Crippen LogP) is 3.67. The average molecular weight is 261 g/mol. The summed E-state index contributed by atoms with van der Waals surface area (Å²) in [7, 11) is 0. The van der Waals surface area contributed by atoms with Gasteiger partial charge in [-0.25, -0.2) is 4.39 Å². The molecular weight excluding hydrogens is 247 g/mol. The summed E-state index contributed by atoms with van der Waals surface area (Å²) in [6.07, 6.45) is 0.259. The fourth-order valence-corrected chi connectivity index (χ4v) is 1.75. The zero-order valence-electron chi connectivity index (χ0n) is 8.30. The van der Waals surface area contributed by atoms with Crippen LogP contribution < -0.4 is 0 Å². The molecule has 0 spiro atoms. The number of rotatable bonds is 3. The Morgan fingerprint density at radius 2 is 2.14 bits per heavy atom. The molecular formula is C11H14BrFO. The first-order chi connectivity index (χ1) is 6.56. The number of hydrogen-bond donors (Lipinski definition) is 1. The van der Waals surface area contributed by atoms with Crippen molar-refractivity contribution in [3.8, 4) is 0 Å². The molecule has 0 aliphatic carbocycles. The molecule has 14 heavy (non-hydrogen) atoms. The molecule has 0 radical (unpaired) electrons. The molecule has 0 aliphatic heterocycles. The van der Waals surface area contributed by atoms with E-state index >= 15 is 0 Å². The molecule has 2 unspecified atom stereocenters. The Hall–Kier alpha value is -0.410. The second-order valence-corrected chi connectivity index (χ2v) is 4.35. The minimum Gasteiger partial charge on any atom is -0.388 e. The molecule has 0 fully saturated rings. The third kappa shape index (κ3) is 2.55. The minimum atomic E-state index is -0.606. The van der Waals surface area contributed by atoms with Gasteiger partial charge in [0.05, 0.1) is 6.10 Å². The molecule has 0 saturated carbocycles. The van der Waals surface area contributed by atoms with Crippen LogP contribution in [0.4, 0.5) is 4.39 Å². The van der Waals surface area contributed by atoms with Crippen molar-refractivity contribution in [2.45, 2.75) is 26.4 Å². The fourth-order valence-electron chi connectivity index (χ4n) is 1.27. The van der Waals surface area contributed by atoms with E-state index in [4.69, 9.17) is 0 Å². The van der Waals surface area contributed by atoms with Gasteiger partial charge in [-0.1, -0.05) is 36.2 Å². The maximum atomic E-state index is 12.9. The molecule has 3 heteroatoms. The summed E-state index contributed by atoms with van der Waals surface area (Å²) in [5, 5.41) is 9.90. The number of aliphatic hydroxyl groups is 1. The van der Waals surface area contributed by atoms with Crippen LogP contribution in [0.3, 0.4) is 0 Å². The van der Waals surface area contributed by atoms with E-state index in [1.54, 1.807) is 6.07 Å². The lowest BCUT2D eigenvalue weighted by Crippen LogP contribution is -2.09. The van der Waals surface area contributed by atoms with Gasteiger partial charge in [-0.2, -0.15) is 0 Å². The van der Waals surface area contributed by atoms with E-state index in [9.17, 15) is 9.50 Å². The van der Waals surface area contributed by atoms with E-state index in [0.717, 1.165) is 10.9 Å². The van der Waals surface area contributed by atoms with E-state index in [0.29, 0.717) is 5.56 Å². The van der Waals surface area contributed by atoms with Gasteiger partial charge < -0.3 is 5.11 Å². The van der Waals surface area contributed by atoms with Gasteiger partial charge in [0.15, 0.2) is 0 Å². The molecule has 2 atom stereocenters. The predicted molar refractivity (Wildman–Crippen MR) is 58.5 cm³/mol. The van der Waals surface area contributed by atoms with Crippen molar-refractivity contribution in [1.29, 1.82) is 0 Å². The Balaban J connectivity index is 2.99. The Morgan fingerprint density at radius 1 is 1.50 bits per heavy atom.